The smallest absolute Gasteiger partial charge is 0.240 e. The Hall–Kier alpha value is -1.85. The summed E-state index contributed by atoms with van der Waals surface area (Å²) in [5, 5.41) is 4.63. The molecule has 1 aromatic carbocycles. The monoisotopic (exact) mass is 350 g/mol. The van der Waals surface area contributed by atoms with Gasteiger partial charge in [-0.2, -0.15) is 5.10 Å². The Labute approximate surface area is 145 Å². The van der Waals surface area contributed by atoms with Gasteiger partial charge in [-0.25, -0.2) is 5.43 Å². The fourth-order valence-corrected chi connectivity index (χ4v) is 2.91. The van der Waals surface area contributed by atoms with Crippen LogP contribution in [0.15, 0.2) is 35.4 Å². The Kier molecular flexibility index (Phi) is 6.62. The zero-order valence-corrected chi connectivity index (χ0v) is 14.7. The van der Waals surface area contributed by atoms with Crippen molar-refractivity contribution in [2.24, 2.45) is 5.10 Å². The molecule has 0 saturated carbocycles. The Bertz CT molecular complexity index is 698. The number of rotatable bonds is 7. The SMILES string of the molecule is Cc1ccc(/C=N/NC(=O)CCCOc2ccc(Cl)cc2C)s1. The number of carbonyl (C=O) groups is 1. The quantitative estimate of drug-likeness (QED) is 0.459. The van der Waals surface area contributed by atoms with Crippen molar-refractivity contribution in [2.45, 2.75) is 26.7 Å². The van der Waals surface area contributed by atoms with Crippen molar-refractivity contribution in [1.29, 1.82) is 0 Å². The molecule has 2 aromatic rings. The lowest BCUT2D eigenvalue weighted by Crippen LogP contribution is -2.18. The minimum atomic E-state index is -0.119. The lowest BCUT2D eigenvalue weighted by atomic mass is 10.2. The van der Waals surface area contributed by atoms with Gasteiger partial charge in [-0.05, 0) is 56.2 Å². The summed E-state index contributed by atoms with van der Waals surface area (Å²) in [5.41, 5.74) is 3.51. The summed E-state index contributed by atoms with van der Waals surface area (Å²) in [6, 6.07) is 9.47. The maximum absolute atomic E-state index is 11.7. The normalized spacial score (nSPS) is 10.9. The molecule has 0 unspecified atom stereocenters. The minimum absolute atomic E-state index is 0.119. The second kappa shape index (κ2) is 8.70. The van der Waals surface area contributed by atoms with E-state index in [-0.39, 0.29) is 5.91 Å². The van der Waals surface area contributed by atoms with Crippen molar-refractivity contribution in [1.82, 2.24) is 5.43 Å². The summed E-state index contributed by atoms with van der Waals surface area (Å²) in [5.74, 6) is 0.673. The number of nitrogens with zero attached hydrogens (tertiary/aromatic N) is 1. The molecular formula is C17H19ClN2O2S. The van der Waals surface area contributed by atoms with Gasteiger partial charge in [0.05, 0.1) is 12.8 Å². The molecular weight excluding hydrogens is 332 g/mol. The summed E-state index contributed by atoms with van der Waals surface area (Å²) >= 11 is 7.52. The number of ether oxygens (including phenoxy) is 1. The van der Waals surface area contributed by atoms with Gasteiger partial charge in [-0.15, -0.1) is 11.3 Å². The van der Waals surface area contributed by atoms with Crippen LogP contribution in [0.2, 0.25) is 5.02 Å². The number of thiophene rings is 1. The van der Waals surface area contributed by atoms with Crippen LogP contribution in [0.4, 0.5) is 0 Å². The van der Waals surface area contributed by atoms with E-state index >= 15 is 0 Å². The van der Waals surface area contributed by atoms with Crippen molar-refractivity contribution in [3.63, 3.8) is 0 Å². The molecule has 0 bridgehead atoms. The summed E-state index contributed by atoms with van der Waals surface area (Å²) in [4.78, 5) is 13.9. The van der Waals surface area contributed by atoms with E-state index in [9.17, 15) is 4.79 Å². The van der Waals surface area contributed by atoms with Gasteiger partial charge in [-0.3, -0.25) is 4.79 Å². The summed E-state index contributed by atoms with van der Waals surface area (Å²) in [6.07, 6.45) is 2.65. The molecule has 0 aliphatic rings. The van der Waals surface area contributed by atoms with Gasteiger partial charge in [0.2, 0.25) is 5.91 Å². The van der Waals surface area contributed by atoms with Crippen LogP contribution in [-0.4, -0.2) is 18.7 Å². The molecule has 0 fully saturated rings. The molecule has 2 rings (SSSR count). The van der Waals surface area contributed by atoms with Gasteiger partial charge in [0.1, 0.15) is 5.75 Å². The zero-order valence-electron chi connectivity index (χ0n) is 13.1. The number of hydrazone groups is 1. The van der Waals surface area contributed by atoms with Crippen molar-refractivity contribution in [3.8, 4) is 5.75 Å². The zero-order chi connectivity index (χ0) is 16.7. The summed E-state index contributed by atoms with van der Waals surface area (Å²) in [6.45, 7) is 4.45. The Morgan fingerprint density at radius 1 is 1.35 bits per heavy atom. The second-order valence-electron chi connectivity index (χ2n) is 5.10. The largest absolute Gasteiger partial charge is 0.493 e. The van der Waals surface area contributed by atoms with E-state index in [1.54, 1.807) is 23.6 Å². The first kappa shape index (κ1) is 17.5. The molecule has 23 heavy (non-hydrogen) atoms. The summed E-state index contributed by atoms with van der Waals surface area (Å²) < 4.78 is 5.64. The Morgan fingerprint density at radius 3 is 2.87 bits per heavy atom. The molecule has 0 aliphatic heterocycles. The molecule has 0 radical (unpaired) electrons. The van der Waals surface area contributed by atoms with Gasteiger partial charge in [0, 0.05) is 21.2 Å². The molecule has 0 atom stereocenters. The van der Waals surface area contributed by atoms with Crippen LogP contribution in [-0.2, 0) is 4.79 Å². The highest BCUT2D eigenvalue weighted by Gasteiger charge is 2.03. The van der Waals surface area contributed by atoms with E-state index in [4.69, 9.17) is 16.3 Å². The standard InChI is InChI=1S/C17H19ClN2O2S/c1-12-10-14(18)6-8-16(12)22-9-3-4-17(21)20-19-11-15-7-5-13(2)23-15/h5-8,10-11H,3-4,9H2,1-2H3,(H,20,21)/b19-11+. The molecule has 122 valence electrons. The van der Waals surface area contributed by atoms with Crippen LogP contribution >= 0.6 is 22.9 Å². The number of nitrogens with one attached hydrogen (secondary N) is 1. The minimum Gasteiger partial charge on any atom is -0.493 e. The molecule has 4 nitrogen and oxygen atoms in total. The van der Waals surface area contributed by atoms with Crippen molar-refractivity contribution in [3.05, 3.63) is 50.7 Å². The first-order chi connectivity index (χ1) is 11.0. The van der Waals surface area contributed by atoms with Crippen LogP contribution in [0.1, 0.15) is 28.2 Å². The van der Waals surface area contributed by atoms with E-state index in [0.29, 0.717) is 24.5 Å². The predicted molar refractivity (Wildman–Crippen MR) is 95.7 cm³/mol. The second-order valence-corrected chi connectivity index (χ2v) is 6.86. The highest BCUT2D eigenvalue weighted by molar-refractivity contribution is 7.13. The van der Waals surface area contributed by atoms with Gasteiger partial charge < -0.3 is 4.74 Å². The highest BCUT2D eigenvalue weighted by Crippen LogP contribution is 2.21. The maximum Gasteiger partial charge on any atom is 0.240 e. The molecule has 0 saturated heterocycles. The van der Waals surface area contributed by atoms with Crippen molar-refractivity contribution in [2.75, 3.05) is 6.61 Å². The van der Waals surface area contributed by atoms with Gasteiger partial charge in [0.25, 0.3) is 0 Å². The van der Waals surface area contributed by atoms with Crippen LogP contribution in [0.3, 0.4) is 0 Å². The van der Waals surface area contributed by atoms with E-state index in [0.717, 1.165) is 16.2 Å². The first-order valence-electron chi connectivity index (χ1n) is 7.32. The van der Waals surface area contributed by atoms with Gasteiger partial charge in [0.15, 0.2) is 0 Å². The topological polar surface area (TPSA) is 50.7 Å². The Balaban J connectivity index is 1.65. The number of amides is 1. The van der Waals surface area contributed by atoms with Crippen LogP contribution < -0.4 is 10.2 Å². The molecule has 1 N–H and O–H groups in total. The van der Waals surface area contributed by atoms with E-state index < -0.39 is 0 Å². The van der Waals surface area contributed by atoms with Crippen molar-refractivity contribution < 1.29 is 9.53 Å². The fourth-order valence-electron chi connectivity index (χ4n) is 1.94. The number of carbonyl (C=O) groups excluding carboxylic acids is 1. The van der Waals surface area contributed by atoms with Crippen LogP contribution in [0.5, 0.6) is 5.75 Å². The third-order valence-electron chi connectivity index (χ3n) is 3.08. The molecule has 6 heteroatoms. The Morgan fingerprint density at radius 2 is 2.17 bits per heavy atom. The van der Waals surface area contributed by atoms with E-state index in [1.807, 2.05) is 38.1 Å². The number of benzene rings is 1. The van der Waals surface area contributed by atoms with E-state index in [1.165, 1.54) is 4.88 Å². The molecule has 1 heterocycles. The number of hydrogen-bond acceptors (Lipinski definition) is 4. The van der Waals surface area contributed by atoms with E-state index in [2.05, 4.69) is 10.5 Å². The first-order valence-corrected chi connectivity index (χ1v) is 8.51. The molecule has 1 aromatic heterocycles. The van der Waals surface area contributed by atoms with Crippen LogP contribution in [0, 0.1) is 13.8 Å². The fraction of sp³-hybridized carbons (Fsp3) is 0.294. The van der Waals surface area contributed by atoms with Gasteiger partial charge in [-0.1, -0.05) is 11.6 Å². The average Bonchev–Trinajstić information content (AvgIpc) is 2.91. The highest BCUT2D eigenvalue weighted by atomic mass is 35.5. The molecule has 0 spiro atoms. The average molecular weight is 351 g/mol. The lowest BCUT2D eigenvalue weighted by molar-refractivity contribution is -0.121. The predicted octanol–water partition coefficient (Wildman–Crippen LogP) is 4.33. The number of hydrogen-bond donors (Lipinski definition) is 1. The third-order valence-corrected chi connectivity index (χ3v) is 4.26. The lowest BCUT2D eigenvalue weighted by Gasteiger charge is -2.08. The maximum atomic E-state index is 11.7. The summed E-state index contributed by atoms with van der Waals surface area (Å²) in [7, 11) is 0. The molecule has 0 aliphatic carbocycles. The number of halogens is 1. The molecule has 1 amide bonds. The van der Waals surface area contributed by atoms with Crippen molar-refractivity contribution >= 4 is 35.1 Å². The number of aryl methyl sites for hydroxylation is 2. The van der Waals surface area contributed by atoms with Gasteiger partial charge >= 0.3 is 0 Å². The van der Waals surface area contributed by atoms with Crippen LogP contribution in [0.25, 0.3) is 0 Å². The third kappa shape index (κ3) is 6.04.